The quantitative estimate of drug-likeness (QED) is 0.731. The van der Waals surface area contributed by atoms with Crippen LogP contribution in [0, 0.1) is 11.2 Å². The highest BCUT2D eigenvalue weighted by atomic mass is 35.5. The number of nitrogens with zero attached hydrogens (tertiary/aromatic N) is 2. The van der Waals surface area contributed by atoms with Gasteiger partial charge in [0.1, 0.15) is 11.3 Å². The number of para-hydroxylation sites is 1. The van der Waals surface area contributed by atoms with Gasteiger partial charge in [0.2, 0.25) is 0 Å². The molecule has 1 aliphatic carbocycles. The lowest BCUT2D eigenvalue weighted by Gasteiger charge is -2.19. The molecule has 1 aromatic heterocycles. The van der Waals surface area contributed by atoms with Gasteiger partial charge in [-0.1, -0.05) is 19.9 Å². The van der Waals surface area contributed by atoms with Crippen LogP contribution in [-0.4, -0.2) is 9.55 Å². The summed E-state index contributed by atoms with van der Waals surface area (Å²) < 4.78 is 16.0. The molecule has 0 N–H and O–H groups in total. The topological polar surface area (TPSA) is 17.8 Å². The zero-order valence-corrected chi connectivity index (χ0v) is 12.0. The Kier molecular flexibility index (Phi) is 3.05. The number of aromatic nitrogens is 2. The van der Waals surface area contributed by atoms with Crippen molar-refractivity contribution in [1.29, 1.82) is 0 Å². The predicted molar refractivity (Wildman–Crippen MR) is 75.9 cm³/mol. The summed E-state index contributed by atoms with van der Waals surface area (Å²) in [6.07, 6.45) is 3.39. The van der Waals surface area contributed by atoms with E-state index in [9.17, 15) is 4.39 Å². The minimum atomic E-state index is -0.264. The third-order valence-corrected chi connectivity index (χ3v) is 4.41. The zero-order chi connectivity index (χ0) is 13.6. The highest BCUT2D eigenvalue weighted by Crippen LogP contribution is 2.45. The average Bonchev–Trinajstić information content (AvgIpc) is 2.90. The summed E-state index contributed by atoms with van der Waals surface area (Å²) in [4.78, 5) is 4.38. The van der Waals surface area contributed by atoms with E-state index >= 15 is 0 Å². The summed E-state index contributed by atoms with van der Waals surface area (Å²) in [6, 6.07) is 5.52. The smallest absolute Gasteiger partial charge is 0.151 e. The van der Waals surface area contributed by atoms with Gasteiger partial charge in [0.25, 0.3) is 0 Å². The maximum Gasteiger partial charge on any atom is 0.151 e. The van der Waals surface area contributed by atoms with Crippen molar-refractivity contribution in [2.75, 3.05) is 0 Å². The SMILES string of the molecule is CC1(C)CCC(n2c(CCl)nc3c(F)cccc32)C1. The molecule has 1 aromatic carbocycles. The molecule has 3 rings (SSSR count). The standard InChI is InChI=1S/C15H18ClFN2/c1-15(2)7-6-10(8-15)19-12-5-3-4-11(17)14(12)18-13(19)9-16/h3-5,10H,6-9H2,1-2H3. The van der Waals surface area contributed by atoms with E-state index in [0.717, 1.165) is 24.2 Å². The summed E-state index contributed by atoms with van der Waals surface area (Å²) in [7, 11) is 0. The van der Waals surface area contributed by atoms with Gasteiger partial charge in [-0.15, -0.1) is 11.6 Å². The van der Waals surface area contributed by atoms with E-state index in [2.05, 4.69) is 23.4 Å². The Morgan fingerprint density at radius 2 is 2.26 bits per heavy atom. The van der Waals surface area contributed by atoms with Crippen LogP contribution in [0.3, 0.4) is 0 Å². The van der Waals surface area contributed by atoms with E-state index in [-0.39, 0.29) is 5.82 Å². The van der Waals surface area contributed by atoms with Crippen molar-refractivity contribution in [2.24, 2.45) is 5.41 Å². The number of hydrogen-bond acceptors (Lipinski definition) is 1. The van der Waals surface area contributed by atoms with Crippen LogP contribution in [0.1, 0.15) is 45.0 Å². The van der Waals surface area contributed by atoms with Crippen LogP contribution in [0.15, 0.2) is 18.2 Å². The van der Waals surface area contributed by atoms with Gasteiger partial charge in [-0.05, 0) is 36.8 Å². The van der Waals surface area contributed by atoms with Crippen LogP contribution < -0.4 is 0 Å². The van der Waals surface area contributed by atoms with Crippen LogP contribution in [0.2, 0.25) is 0 Å². The largest absolute Gasteiger partial charge is 0.324 e. The molecular formula is C15H18ClFN2. The van der Waals surface area contributed by atoms with Gasteiger partial charge < -0.3 is 4.57 Å². The number of hydrogen-bond donors (Lipinski definition) is 0. The van der Waals surface area contributed by atoms with Crippen molar-refractivity contribution in [1.82, 2.24) is 9.55 Å². The molecule has 1 heterocycles. The van der Waals surface area contributed by atoms with Gasteiger partial charge in [-0.3, -0.25) is 0 Å². The van der Waals surface area contributed by atoms with Crippen molar-refractivity contribution >= 4 is 22.6 Å². The molecular weight excluding hydrogens is 263 g/mol. The number of alkyl halides is 1. The Labute approximate surface area is 117 Å². The van der Waals surface area contributed by atoms with E-state index < -0.39 is 0 Å². The Morgan fingerprint density at radius 1 is 1.47 bits per heavy atom. The van der Waals surface area contributed by atoms with Gasteiger partial charge in [-0.25, -0.2) is 9.37 Å². The molecule has 0 bridgehead atoms. The van der Waals surface area contributed by atoms with Crippen LogP contribution in [0.25, 0.3) is 11.0 Å². The molecule has 2 nitrogen and oxygen atoms in total. The van der Waals surface area contributed by atoms with Crippen molar-refractivity contribution in [3.63, 3.8) is 0 Å². The number of rotatable bonds is 2. The van der Waals surface area contributed by atoms with Gasteiger partial charge in [0.05, 0.1) is 11.4 Å². The molecule has 0 saturated heterocycles. The van der Waals surface area contributed by atoms with Crippen molar-refractivity contribution in [3.05, 3.63) is 29.8 Å². The second-order valence-electron chi connectivity index (χ2n) is 6.20. The summed E-state index contributed by atoms with van der Waals surface area (Å²) in [5, 5.41) is 0. The molecule has 0 radical (unpaired) electrons. The fourth-order valence-corrected chi connectivity index (χ4v) is 3.44. The van der Waals surface area contributed by atoms with Gasteiger partial charge in [0, 0.05) is 6.04 Å². The fourth-order valence-electron chi connectivity index (χ4n) is 3.25. The summed E-state index contributed by atoms with van der Waals surface area (Å²) in [5.41, 5.74) is 1.67. The second-order valence-corrected chi connectivity index (χ2v) is 6.47. The third-order valence-electron chi connectivity index (χ3n) is 4.17. The highest BCUT2D eigenvalue weighted by molar-refractivity contribution is 6.16. The van der Waals surface area contributed by atoms with Gasteiger partial charge >= 0.3 is 0 Å². The lowest BCUT2D eigenvalue weighted by molar-refractivity contribution is 0.359. The third kappa shape index (κ3) is 2.14. The summed E-state index contributed by atoms with van der Waals surface area (Å²) in [5.74, 6) is 0.842. The maximum atomic E-state index is 13.8. The number of fused-ring (bicyclic) bond motifs is 1. The van der Waals surface area contributed by atoms with E-state index in [0.29, 0.717) is 22.9 Å². The number of benzene rings is 1. The van der Waals surface area contributed by atoms with Crippen molar-refractivity contribution in [2.45, 2.75) is 45.0 Å². The molecule has 1 unspecified atom stereocenters. The summed E-state index contributed by atoms with van der Waals surface area (Å²) in [6.45, 7) is 4.57. The number of halogens is 2. The van der Waals surface area contributed by atoms with Crippen LogP contribution >= 0.6 is 11.6 Å². The molecule has 0 spiro atoms. The molecule has 0 aliphatic heterocycles. The van der Waals surface area contributed by atoms with Crippen LogP contribution in [0.5, 0.6) is 0 Å². The summed E-state index contributed by atoms with van der Waals surface area (Å²) >= 11 is 6.00. The van der Waals surface area contributed by atoms with E-state index in [4.69, 9.17) is 11.6 Å². The fraction of sp³-hybridized carbons (Fsp3) is 0.533. The molecule has 1 fully saturated rings. The normalized spacial score (nSPS) is 22.2. The minimum absolute atomic E-state index is 0.264. The molecule has 19 heavy (non-hydrogen) atoms. The molecule has 1 aliphatic rings. The lowest BCUT2D eigenvalue weighted by Crippen LogP contribution is -2.11. The van der Waals surface area contributed by atoms with E-state index in [1.54, 1.807) is 6.07 Å². The lowest BCUT2D eigenvalue weighted by atomic mass is 9.92. The van der Waals surface area contributed by atoms with Gasteiger partial charge in [0.15, 0.2) is 5.82 Å². The maximum absolute atomic E-state index is 13.8. The minimum Gasteiger partial charge on any atom is -0.324 e. The van der Waals surface area contributed by atoms with Crippen LogP contribution in [-0.2, 0) is 5.88 Å². The van der Waals surface area contributed by atoms with Crippen LogP contribution in [0.4, 0.5) is 4.39 Å². The second kappa shape index (κ2) is 4.48. The first-order chi connectivity index (χ1) is 9.02. The molecule has 1 saturated carbocycles. The molecule has 1 atom stereocenters. The monoisotopic (exact) mass is 280 g/mol. The number of imidazole rings is 1. The van der Waals surface area contributed by atoms with E-state index in [1.165, 1.54) is 12.5 Å². The Bertz CT molecular complexity index is 618. The predicted octanol–water partition coefficient (Wildman–Crippen LogP) is 4.67. The van der Waals surface area contributed by atoms with Gasteiger partial charge in [-0.2, -0.15) is 0 Å². The molecule has 2 aromatic rings. The molecule has 4 heteroatoms. The first-order valence-electron chi connectivity index (χ1n) is 6.73. The molecule has 102 valence electrons. The zero-order valence-electron chi connectivity index (χ0n) is 11.3. The Hall–Kier alpha value is -1.09. The Morgan fingerprint density at radius 3 is 2.89 bits per heavy atom. The van der Waals surface area contributed by atoms with Crippen molar-refractivity contribution in [3.8, 4) is 0 Å². The first kappa shape index (κ1) is 12.9. The average molecular weight is 281 g/mol. The van der Waals surface area contributed by atoms with Crippen molar-refractivity contribution < 1.29 is 4.39 Å². The molecule has 0 amide bonds. The van der Waals surface area contributed by atoms with E-state index in [1.807, 2.05) is 6.07 Å². The highest BCUT2D eigenvalue weighted by Gasteiger charge is 2.33. The Balaban J connectivity index is 2.14. The first-order valence-corrected chi connectivity index (χ1v) is 7.26.